The molecule has 2 aromatic carbocycles. The number of hydrogen-bond acceptors (Lipinski definition) is 2. The SMILES string of the molecule is Oc1cc(-c2nc3cc(F)ccc3n2C2CC2)ccc1Br. The Labute approximate surface area is 129 Å². The Bertz CT molecular complexity index is 855. The van der Waals surface area contributed by atoms with Gasteiger partial charge in [0.2, 0.25) is 0 Å². The van der Waals surface area contributed by atoms with Crippen LogP contribution in [-0.4, -0.2) is 14.7 Å². The van der Waals surface area contributed by atoms with E-state index in [1.54, 1.807) is 18.2 Å². The van der Waals surface area contributed by atoms with Gasteiger partial charge in [0, 0.05) is 17.7 Å². The van der Waals surface area contributed by atoms with Gasteiger partial charge >= 0.3 is 0 Å². The van der Waals surface area contributed by atoms with Gasteiger partial charge in [-0.05, 0) is 59.1 Å². The largest absolute Gasteiger partial charge is 0.507 e. The van der Waals surface area contributed by atoms with Crippen molar-refractivity contribution < 1.29 is 9.50 Å². The van der Waals surface area contributed by atoms with E-state index in [0.29, 0.717) is 16.0 Å². The van der Waals surface area contributed by atoms with E-state index in [1.807, 2.05) is 6.07 Å². The smallest absolute Gasteiger partial charge is 0.141 e. The van der Waals surface area contributed by atoms with Crippen molar-refractivity contribution >= 4 is 27.0 Å². The Hall–Kier alpha value is -1.88. The molecular weight excluding hydrogens is 335 g/mol. The highest BCUT2D eigenvalue weighted by molar-refractivity contribution is 9.10. The minimum atomic E-state index is -0.284. The minimum absolute atomic E-state index is 0.174. The summed E-state index contributed by atoms with van der Waals surface area (Å²) in [7, 11) is 0. The van der Waals surface area contributed by atoms with Gasteiger partial charge in [0.25, 0.3) is 0 Å². The van der Waals surface area contributed by atoms with E-state index < -0.39 is 0 Å². The van der Waals surface area contributed by atoms with Crippen LogP contribution in [0.5, 0.6) is 5.75 Å². The summed E-state index contributed by atoms with van der Waals surface area (Å²) in [5.74, 6) is 0.669. The van der Waals surface area contributed by atoms with E-state index in [4.69, 9.17) is 0 Å². The van der Waals surface area contributed by atoms with E-state index >= 15 is 0 Å². The van der Waals surface area contributed by atoms with Gasteiger partial charge in [-0.25, -0.2) is 9.37 Å². The summed E-state index contributed by atoms with van der Waals surface area (Å²) in [5, 5.41) is 9.88. The molecule has 1 aliphatic carbocycles. The highest BCUT2D eigenvalue weighted by atomic mass is 79.9. The van der Waals surface area contributed by atoms with Crippen LogP contribution < -0.4 is 0 Å². The first-order valence-electron chi connectivity index (χ1n) is 6.80. The molecule has 21 heavy (non-hydrogen) atoms. The molecule has 1 saturated carbocycles. The third-order valence-electron chi connectivity index (χ3n) is 3.77. The molecule has 3 nitrogen and oxygen atoms in total. The van der Waals surface area contributed by atoms with Crippen LogP contribution in [0, 0.1) is 5.82 Å². The molecule has 1 aliphatic rings. The molecular formula is C16H12BrFN2O. The number of rotatable bonds is 2. The fourth-order valence-electron chi connectivity index (χ4n) is 2.63. The summed E-state index contributed by atoms with van der Waals surface area (Å²) in [6.45, 7) is 0. The van der Waals surface area contributed by atoms with Gasteiger partial charge in [0.1, 0.15) is 17.4 Å². The van der Waals surface area contributed by atoms with Crippen LogP contribution in [0.15, 0.2) is 40.9 Å². The molecule has 3 aromatic rings. The highest BCUT2D eigenvalue weighted by Crippen LogP contribution is 2.42. The van der Waals surface area contributed by atoms with Gasteiger partial charge in [-0.15, -0.1) is 0 Å². The average Bonchev–Trinajstić information content (AvgIpc) is 3.22. The van der Waals surface area contributed by atoms with Gasteiger partial charge in [0.15, 0.2) is 0 Å². The van der Waals surface area contributed by atoms with Gasteiger partial charge in [-0.1, -0.05) is 0 Å². The molecule has 0 aliphatic heterocycles. The zero-order chi connectivity index (χ0) is 14.6. The second-order valence-corrected chi connectivity index (χ2v) is 6.19. The molecule has 4 rings (SSSR count). The number of phenols is 1. The van der Waals surface area contributed by atoms with Crippen LogP contribution in [0.4, 0.5) is 4.39 Å². The minimum Gasteiger partial charge on any atom is -0.507 e. The monoisotopic (exact) mass is 346 g/mol. The lowest BCUT2D eigenvalue weighted by Gasteiger charge is -2.08. The van der Waals surface area contributed by atoms with E-state index in [0.717, 1.165) is 29.7 Å². The number of halogens is 2. The number of nitrogens with zero attached hydrogens (tertiary/aromatic N) is 2. The summed E-state index contributed by atoms with van der Waals surface area (Å²) < 4.78 is 16.2. The Balaban J connectivity index is 1.98. The molecule has 0 amide bonds. The molecule has 1 aromatic heterocycles. The third-order valence-corrected chi connectivity index (χ3v) is 4.44. The van der Waals surface area contributed by atoms with E-state index in [-0.39, 0.29) is 11.6 Å². The van der Waals surface area contributed by atoms with E-state index in [9.17, 15) is 9.50 Å². The van der Waals surface area contributed by atoms with Crippen molar-refractivity contribution in [1.29, 1.82) is 0 Å². The molecule has 0 spiro atoms. The summed E-state index contributed by atoms with van der Waals surface area (Å²) in [6, 6.07) is 10.5. The second kappa shape index (κ2) is 4.56. The summed E-state index contributed by atoms with van der Waals surface area (Å²) in [6.07, 6.45) is 2.22. The third kappa shape index (κ3) is 2.12. The maximum Gasteiger partial charge on any atom is 0.141 e. The second-order valence-electron chi connectivity index (χ2n) is 5.34. The number of aromatic nitrogens is 2. The van der Waals surface area contributed by atoms with Gasteiger partial charge in [-0.2, -0.15) is 0 Å². The van der Waals surface area contributed by atoms with Crippen LogP contribution in [0.1, 0.15) is 18.9 Å². The number of phenolic OH excluding ortho intramolecular Hbond substituents is 1. The Kier molecular flexibility index (Phi) is 2.79. The van der Waals surface area contributed by atoms with Gasteiger partial charge in [-0.3, -0.25) is 0 Å². The molecule has 5 heteroatoms. The molecule has 1 fully saturated rings. The van der Waals surface area contributed by atoms with Crippen molar-refractivity contribution in [2.24, 2.45) is 0 Å². The van der Waals surface area contributed by atoms with Gasteiger partial charge < -0.3 is 9.67 Å². The first-order valence-corrected chi connectivity index (χ1v) is 7.59. The number of imidazole rings is 1. The number of benzene rings is 2. The van der Waals surface area contributed by atoms with Crippen molar-refractivity contribution in [3.05, 3.63) is 46.7 Å². The molecule has 1 heterocycles. The van der Waals surface area contributed by atoms with Crippen molar-refractivity contribution in [2.45, 2.75) is 18.9 Å². The Morgan fingerprint density at radius 2 is 2.00 bits per heavy atom. The Morgan fingerprint density at radius 1 is 1.19 bits per heavy atom. The topological polar surface area (TPSA) is 38.1 Å². The molecule has 0 saturated heterocycles. The fourth-order valence-corrected chi connectivity index (χ4v) is 2.88. The summed E-state index contributed by atoms with van der Waals surface area (Å²) >= 11 is 3.28. The van der Waals surface area contributed by atoms with Crippen LogP contribution in [0.2, 0.25) is 0 Å². The predicted octanol–water partition coefficient (Wildman–Crippen LogP) is 4.65. The lowest BCUT2D eigenvalue weighted by Crippen LogP contribution is -1.97. The first-order chi connectivity index (χ1) is 10.1. The number of fused-ring (bicyclic) bond motifs is 1. The quantitative estimate of drug-likeness (QED) is 0.733. The average molecular weight is 347 g/mol. The van der Waals surface area contributed by atoms with E-state index in [2.05, 4.69) is 25.5 Å². The maximum absolute atomic E-state index is 13.4. The zero-order valence-corrected chi connectivity index (χ0v) is 12.6. The number of aromatic hydroxyl groups is 1. The van der Waals surface area contributed by atoms with Crippen molar-refractivity contribution in [3.8, 4) is 17.1 Å². The maximum atomic E-state index is 13.4. The molecule has 0 radical (unpaired) electrons. The van der Waals surface area contributed by atoms with Crippen LogP contribution >= 0.6 is 15.9 Å². The van der Waals surface area contributed by atoms with E-state index in [1.165, 1.54) is 12.1 Å². The van der Waals surface area contributed by atoms with Crippen LogP contribution in [0.3, 0.4) is 0 Å². The van der Waals surface area contributed by atoms with Gasteiger partial charge in [0.05, 0.1) is 15.5 Å². The number of hydrogen-bond donors (Lipinski definition) is 1. The van der Waals surface area contributed by atoms with Crippen molar-refractivity contribution in [1.82, 2.24) is 9.55 Å². The Morgan fingerprint density at radius 3 is 2.71 bits per heavy atom. The summed E-state index contributed by atoms with van der Waals surface area (Å²) in [4.78, 5) is 4.57. The normalized spacial score (nSPS) is 14.8. The summed E-state index contributed by atoms with van der Waals surface area (Å²) in [5.41, 5.74) is 2.43. The lowest BCUT2D eigenvalue weighted by molar-refractivity contribution is 0.472. The molecule has 0 bridgehead atoms. The lowest BCUT2D eigenvalue weighted by atomic mass is 10.2. The van der Waals surface area contributed by atoms with Crippen molar-refractivity contribution in [3.63, 3.8) is 0 Å². The molecule has 106 valence electrons. The molecule has 0 unspecified atom stereocenters. The highest BCUT2D eigenvalue weighted by Gasteiger charge is 2.28. The van der Waals surface area contributed by atoms with Crippen LogP contribution in [0.25, 0.3) is 22.4 Å². The standard InChI is InChI=1S/C16H12BrFN2O/c17-12-5-1-9(7-15(12)21)16-19-13-8-10(18)2-6-14(13)20(16)11-3-4-11/h1-2,5-8,11,21H,3-4H2. The molecule has 0 atom stereocenters. The van der Waals surface area contributed by atoms with Crippen LogP contribution in [-0.2, 0) is 0 Å². The first kappa shape index (κ1) is 12.8. The molecule has 1 N–H and O–H groups in total. The zero-order valence-electron chi connectivity index (χ0n) is 11.1. The fraction of sp³-hybridized carbons (Fsp3) is 0.188. The predicted molar refractivity (Wildman–Crippen MR) is 82.8 cm³/mol. The van der Waals surface area contributed by atoms with Crippen molar-refractivity contribution in [2.75, 3.05) is 0 Å².